The third-order valence-corrected chi connectivity index (χ3v) is 2.47. The maximum Gasteiger partial charge on any atom is 0.255 e. The van der Waals surface area contributed by atoms with E-state index in [1.165, 1.54) is 0 Å². The van der Waals surface area contributed by atoms with Gasteiger partial charge >= 0.3 is 0 Å². The van der Waals surface area contributed by atoms with Crippen LogP contribution in [0.5, 0.6) is 0 Å². The van der Waals surface area contributed by atoms with Gasteiger partial charge in [0.25, 0.3) is 5.91 Å². The molecule has 0 unspecified atom stereocenters. The first-order valence-corrected chi connectivity index (χ1v) is 4.71. The van der Waals surface area contributed by atoms with Crippen molar-refractivity contribution in [1.82, 2.24) is 20.8 Å². The Hall–Kier alpha value is -1.36. The van der Waals surface area contributed by atoms with Crippen molar-refractivity contribution < 1.29 is 4.79 Å². The zero-order chi connectivity index (χ0) is 10.1. The van der Waals surface area contributed by atoms with Gasteiger partial charge in [-0.05, 0) is 13.8 Å². The van der Waals surface area contributed by atoms with Crippen molar-refractivity contribution in [2.75, 3.05) is 13.1 Å². The van der Waals surface area contributed by atoms with Crippen molar-refractivity contribution in [3.05, 3.63) is 17.0 Å². The van der Waals surface area contributed by atoms with Crippen LogP contribution in [0.2, 0.25) is 0 Å². The highest BCUT2D eigenvalue weighted by molar-refractivity contribution is 5.96. The predicted molar refractivity (Wildman–Crippen MR) is 52.2 cm³/mol. The summed E-state index contributed by atoms with van der Waals surface area (Å²) in [6.07, 6.45) is 0. The Morgan fingerprint density at radius 2 is 2.21 bits per heavy atom. The lowest BCUT2D eigenvalue weighted by molar-refractivity contribution is 0.0923. The lowest BCUT2D eigenvalue weighted by Crippen LogP contribution is -2.57. The van der Waals surface area contributed by atoms with E-state index >= 15 is 0 Å². The molecule has 2 rings (SSSR count). The van der Waals surface area contributed by atoms with Gasteiger partial charge in [-0.2, -0.15) is 5.10 Å². The minimum absolute atomic E-state index is 0.0275. The predicted octanol–water partition coefficient (Wildman–Crippen LogP) is -0.272. The third-order valence-electron chi connectivity index (χ3n) is 2.47. The molecule has 0 atom stereocenters. The summed E-state index contributed by atoms with van der Waals surface area (Å²) in [4.78, 5) is 11.8. The number of carbonyl (C=O) groups excluding carboxylic acids is 1. The Labute approximate surface area is 82.3 Å². The fourth-order valence-corrected chi connectivity index (χ4v) is 1.53. The molecular weight excluding hydrogens is 180 g/mol. The van der Waals surface area contributed by atoms with Gasteiger partial charge in [0.05, 0.1) is 17.3 Å². The van der Waals surface area contributed by atoms with E-state index in [0.29, 0.717) is 5.56 Å². The zero-order valence-electron chi connectivity index (χ0n) is 8.35. The Morgan fingerprint density at radius 1 is 1.50 bits per heavy atom. The van der Waals surface area contributed by atoms with Gasteiger partial charge in [-0.1, -0.05) is 0 Å². The van der Waals surface area contributed by atoms with Gasteiger partial charge < -0.3 is 10.6 Å². The summed E-state index contributed by atoms with van der Waals surface area (Å²) >= 11 is 0. The summed E-state index contributed by atoms with van der Waals surface area (Å²) in [5.74, 6) is -0.0275. The maximum absolute atomic E-state index is 11.8. The normalized spacial score (nSPS) is 16.4. The number of aryl methyl sites for hydroxylation is 2. The summed E-state index contributed by atoms with van der Waals surface area (Å²) in [6.45, 7) is 5.41. The smallest absolute Gasteiger partial charge is 0.255 e. The van der Waals surface area contributed by atoms with Crippen LogP contribution in [0.25, 0.3) is 0 Å². The standard InChI is InChI=1S/C9H14N4O/c1-5-8(6(2)13-12-5)9(14)11-7-3-10-4-7/h7,10H,3-4H2,1-2H3,(H,11,14)(H,12,13). The molecule has 1 amide bonds. The van der Waals surface area contributed by atoms with E-state index in [0.717, 1.165) is 24.5 Å². The third kappa shape index (κ3) is 1.50. The van der Waals surface area contributed by atoms with Crippen molar-refractivity contribution >= 4 is 5.91 Å². The Balaban J connectivity index is 2.09. The SMILES string of the molecule is Cc1n[nH]c(C)c1C(=O)NC1CNC1. The number of H-pyrrole nitrogens is 1. The lowest BCUT2D eigenvalue weighted by atomic mass is 10.1. The highest BCUT2D eigenvalue weighted by Gasteiger charge is 2.22. The molecule has 1 aliphatic heterocycles. The van der Waals surface area contributed by atoms with Gasteiger partial charge in [0.15, 0.2) is 0 Å². The highest BCUT2D eigenvalue weighted by atomic mass is 16.1. The Bertz CT molecular complexity index is 334. The average Bonchev–Trinajstić information content (AvgIpc) is 2.39. The minimum atomic E-state index is -0.0275. The van der Waals surface area contributed by atoms with E-state index in [1.54, 1.807) is 0 Å². The van der Waals surface area contributed by atoms with Crippen LogP contribution >= 0.6 is 0 Å². The number of aromatic amines is 1. The van der Waals surface area contributed by atoms with Gasteiger partial charge in [0.1, 0.15) is 0 Å². The van der Waals surface area contributed by atoms with Gasteiger partial charge in [-0.25, -0.2) is 0 Å². The molecule has 3 N–H and O–H groups in total. The van der Waals surface area contributed by atoms with E-state index in [1.807, 2.05) is 13.8 Å². The summed E-state index contributed by atoms with van der Waals surface area (Å²) in [6, 6.07) is 0.274. The van der Waals surface area contributed by atoms with Crippen molar-refractivity contribution in [3.63, 3.8) is 0 Å². The molecule has 1 aromatic heterocycles. The van der Waals surface area contributed by atoms with Crippen molar-refractivity contribution in [3.8, 4) is 0 Å². The zero-order valence-corrected chi connectivity index (χ0v) is 8.35. The Morgan fingerprint density at radius 3 is 2.64 bits per heavy atom. The van der Waals surface area contributed by atoms with E-state index in [2.05, 4.69) is 20.8 Å². The molecule has 0 aromatic carbocycles. The quantitative estimate of drug-likeness (QED) is 0.607. The molecule has 1 aromatic rings. The molecule has 14 heavy (non-hydrogen) atoms. The van der Waals surface area contributed by atoms with Crippen molar-refractivity contribution in [1.29, 1.82) is 0 Å². The van der Waals surface area contributed by atoms with Crippen LogP contribution in [-0.2, 0) is 0 Å². The first-order chi connectivity index (χ1) is 6.68. The fraction of sp³-hybridized carbons (Fsp3) is 0.556. The number of carbonyl (C=O) groups is 1. The van der Waals surface area contributed by atoms with Gasteiger partial charge in [0, 0.05) is 18.8 Å². The molecular formula is C9H14N4O. The number of amides is 1. The van der Waals surface area contributed by atoms with Crippen LogP contribution in [0.3, 0.4) is 0 Å². The number of aromatic nitrogens is 2. The summed E-state index contributed by atoms with van der Waals surface area (Å²) < 4.78 is 0. The van der Waals surface area contributed by atoms with Crippen LogP contribution < -0.4 is 10.6 Å². The molecule has 5 heteroatoms. The summed E-state index contributed by atoms with van der Waals surface area (Å²) in [5, 5.41) is 12.8. The van der Waals surface area contributed by atoms with Gasteiger partial charge in [-0.3, -0.25) is 9.89 Å². The second-order valence-electron chi connectivity index (χ2n) is 3.64. The average molecular weight is 194 g/mol. The molecule has 0 spiro atoms. The summed E-state index contributed by atoms with van der Waals surface area (Å²) in [5.41, 5.74) is 2.26. The monoisotopic (exact) mass is 194 g/mol. The molecule has 1 aliphatic rings. The number of nitrogens with zero attached hydrogens (tertiary/aromatic N) is 1. The highest BCUT2D eigenvalue weighted by Crippen LogP contribution is 2.09. The minimum Gasteiger partial charge on any atom is -0.347 e. The molecule has 0 bridgehead atoms. The first kappa shape index (κ1) is 9.21. The molecule has 1 fully saturated rings. The van der Waals surface area contributed by atoms with E-state index in [-0.39, 0.29) is 11.9 Å². The first-order valence-electron chi connectivity index (χ1n) is 4.71. The molecule has 0 saturated carbocycles. The van der Waals surface area contributed by atoms with Crippen molar-refractivity contribution in [2.45, 2.75) is 19.9 Å². The molecule has 5 nitrogen and oxygen atoms in total. The molecule has 76 valence electrons. The van der Waals surface area contributed by atoms with Gasteiger partial charge in [-0.15, -0.1) is 0 Å². The Kier molecular flexibility index (Phi) is 2.25. The second-order valence-corrected chi connectivity index (χ2v) is 3.64. The molecule has 1 saturated heterocycles. The van der Waals surface area contributed by atoms with Crippen LogP contribution in [-0.4, -0.2) is 35.2 Å². The van der Waals surface area contributed by atoms with Crippen LogP contribution in [0.15, 0.2) is 0 Å². The van der Waals surface area contributed by atoms with Crippen LogP contribution in [0, 0.1) is 13.8 Å². The number of rotatable bonds is 2. The van der Waals surface area contributed by atoms with E-state index in [4.69, 9.17) is 0 Å². The molecule has 0 radical (unpaired) electrons. The van der Waals surface area contributed by atoms with E-state index in [9.17, 15) is 4.79 Å². The fourth-order valence-electron chi connectivity index (χ4n) is 1.53. The molecule has 2 heterocycles. The van der Waals surface area contributed by atoms with Crippen LogP contribution in [0.1, 0.15) is 21.7 Å². The number of hydrogen-bond acceptors (Lipinski definition) is 3. The van der Waals surface area contributed by atoms with E-state index < -0.39 is 0 Å². The van der Waals surface area contributed by atoms with Crippen LogP contribution in [0.4, 0.5) is 0 Å². The number of hydrogen-bond donors (Lipinski definition) is 3. The second kappa shape index (κ2) is 3.42. The summed E-state index contributed by atoms with van der Waals surface area (Å²) in [7, 11) is 0. The lowest BCUT2D eigenvalue weighted by Gasteiger charge is -2.27. The molecule has 0 aliphatic carbocycles. The van der Waals surface area contributed by atoms with Crippen molar-refractivity contribution in [2.24, 2.45) is 0 Å². The largest absolute Gasteiger partial charge is 0.347 e. The maximum atomic E-state index is 11.8. The van der Waals surface area contributed by atoms with Gasteiger partial charge in [0.2, 0.25) is 0 Å². The topological polar surface area (TPSA) is 69.8 Å². The number of nitrogens with one attached hydrogen (secondary N) is 3.